The number of hydrogen-bond acceptors (Lipinski definition) is 5. The molecule has 1 amide bonds. The van der Waals surface area contributed by atoms with Crippen LogP contribution in [-0.4, -0.2) is 38.7 Å². The monoisotopic (exact) mass is 391 g/mol. The number of H-pyrrole nitrogens is 1. The fourth-order valence-corrected chi connectivity index (χ4v) is 4.09. The molecule has 1 aromatic carbocycles. The lowest BCUT2D eigenvalue weighted by Gasteiger charge is -2.29. The highest BCUT2D eigenvalue weighted by molar-refractivity contribution is 6.18. The van der Waals surface area contributed by atoms with E-state index < -0.39 is 0 Å². The molecule has 0 aliphatic heterocycles. The number of aromatic nitrogens is 3. The summed E-state index contributed by atoms with van der Waals surface area (Å²) in [5.41, 5.74) is 2.84. The molecule has 2 heterocycles. The summed E-state index contributed by atoms with van der Waals surface area (Å²) >= 11 is 0. The quantitative estimate of drug-likeness (QED) is 0.579. The molecule has 0 radical (unpaired) electrons. The van der Waals surface area contributed by atoms with Crippen molar-refractivity contribution in [1.82, 2.24) is 20.3 Å². The van der Waals surface area contributed by atoms with Gasteiger partial charge in [0.15, 0.2) is 5.78 Å². The lowest BCUT2D eigenvalue weighted by molar-refractivity contribution is -0.119. The zero-order valence-electron chi connectivity index (χ0n) is 16.7. The number of benzene rings is 1. The van der Waals surface area contributed by atoms with Gasteiger partial charge in [-0.05, 0) is 38.2 Å². The second-order valence-electron chi connectivity index (χ2n) is 7.69. The van der Waals surface area contributed by atoms with Crippen molar-refractivity contribution in [2.45, 2.75) is 51.6 Å². The number of carbonyl (C=O) groups excluding carboxylic acids is 2. The van der Waals surface area contributed by atoms with Crippen molar-refractivity contribution in [3.63, 3.8) is 0 Å². The van der Waals surface area contributed by atoms with Crippen LogP contribution in [0.4, 0.5) is 5.82 Å². The van der Waals surface area contributed by atoms with Crippen LogP contribution in [0.15, 0.2) is 36.8 Å². The molecule has 7 heteroatoms. The van der Waals surface area contributed by atoms with Crippen LogP contribution in [0.25, 0.3) is 11.0 Å². The van der Waals surface area contributed by atoms with Gasteiger partial charge in [-0.2, -0.15) is 0 Å². The van der Waals surface area contributed by atoms with E-state index in [9.17, 15) is 9.59 Å². The summed E-state index contributed by atoms with van der Waals surface area (Å²) in [5, 5.41) is 7.23. The van der Waals surface area contributed by atoms with Gasteiger partial charge in [-0.1, -0.05) is 24.3 Å². The second-order valence-corrected chi connectivity index (χ2v) is 7.69. The van der Waals surface area contributed by atoms with Crippen LogP contribution in [-0.2, 0) is 4.79 Å². The minimum absolute atomic E-state index is 0.0191. The van der Waals surface area contributed by atoms with E-state index in [-0.39, 0.29) is 23.8 Å². The minimum atomic E-state index is -0.0402. The molecule has 150 valence electrons. The van der Waals surface area contributed by atoms with Crippen molar-refractivity contribution >= 4 is 28.5 Å². The zero-order chi connectivity index (χ0) is 20.4. The highest BCUT2D eigenvalue weighted by atomic mass is 16.1. The molecule has 1 aliphatic carbocycles. The molecule has 1 fully saturated rings. The van der Waals surface area contributed by atoms with Crippen LogP contribution >= 0.6 is 0 Å². The summed E-state index contributed by atoms with van der Waals surface area (Å²) in [6.45, 7) is 3.49. The van der Waals surface area contributed by atoms with Crippen molar-refractivity contribution in [2.75, 3.05) is 5.32 Å². The normalized spacial score (nSPS) is 19.1. The average molecular weight is 391 g/mol. The number of hydrogen-bond donors (Lipinski definition) is 3. The predicted octanol–water partition coefficient (Wildman–Crippen LogP) is 3.36. The number of nitrogens with one attached hydrogen (secondary N) is 3. The van der Waals surface area contributed by atoms with E-state index in [2.05, 4.69) is 25.6 Å². The van der Waals surface area contributed by atoms with Crippen molar-refractivity contribution in [3.05, 3.63) is 53.5 Å². The summed E-state index contributed by atoms with van der Waals surface area (Å²) in [7, 11) is 0. The molecule has 3 N–H and O–H groups in total. The van der Waals surface area contributed by atoms with Crippen molar-refractivity contribution in [1.29, 1.82) is 0 Å². The standard InChI is InChI=1S/C22H25N5O2/c1-13-5-3-4-6-17(13)20(29)18-11-23-21-19(18)22(25-12-24-21)27-16-9-7-15(8-10-16)26-14(2)28/h3-6,11-12,15-16H,7-10H2,1-2H3,(H,26,28)(H2,23,24,25,27). The number of rotatable bonds is 5. The summed E-state index contributed by atoms with van der Waals surface area (Å²) in [4.78, 5) is 36.3. The van der Waals surface area contributed by atoms with Crippen molar-refractivity contribution < 1.29 is 9.59 Å². The largest absolute Gasteiger partial charge is 0.367 e. The molecule has 7 nitrogen and oxygen atoms in total. The smallest absolute Gasteiger partial charge is 0.217 e. The molecule has 2 aromatic heterocycles. The van der Waals surface area contributed by atoms with E-state index >= 15 is 0 Å². The molecule has 29 heavy (non-hydrogen) atoms. The van der Waals surface area contributed by atoms with Gasteiger partial charge in [0.05, 0.1) is 10.9 Å². The Morgan fingerprint density at radius 3 is 2.48 bits per heavy atom. The maximum atomic E-state index is 13.2. The molecule has 4 rings (SSSR count). The van der Waals surface area contributed by atoms with E-state index in [0.717, 1.165) is 36.6 Å². The number of aromatic amines is 1. The zero-order valence-corrected chi connectivity index (χ0v) is 16.7. The number of amides is 1. The SMILES string of the molecule is CC(=O)NC1CCC(Nc2ncnc3[nH]cc(C(=O)c4ccccc4C)c23)CC1. The van der Waals surface area contributed by atoms with Gasteiger partial charge < -0.3 is 15.6 Å². The van der Waals surface area contributed by atoms with Gasteiger partial charge >= 0.3 is 0 Å². The number of ketones is 1. The van der Waals surface area contributed by atoms with E-state index in [1.807, 2.05) is 31.2 Å². The maximum Gasteiger partial charge on any atom is 0.217 e. The first kappa shape index (κ1) is 19.1. The summed E-state index contributed by atoms with van der Waals surface area (Å²) < 4.78 is 0. The van der Waals surface area contributed by atoms with Crippen molar-refractivity contribution in [3.8, 4) is 0 Å². The second kappa shape index (κ2) is 8.03. The van der Waals surface area contributed by atoms with Gasteiger partial charge in [-0.25, -0.2) is 9.97 Å². The molecule has 0 spiro atoms. The van der Waals surface area contributed by atoms with Crippen LogP contribution in [0.3, 0.4) is 0 Å². The first-order valence-electron chi connectivity index (χ1n) is 9.99. The number of aryl methyl sites for hydroxylation is 1. The fourth-order valence-electron chi connectivity index (χ4n) is 4.09. The predicted molar refractivity (Wildman–Crippen MR) is 112 cm³/mol. The lowest BCUT2D eigenvalue weighted by Crippen LogP contribution is -2.39. The van der Waals surface area contributed by atoms with Crippen LogP contribution in [0.1, 0.15) is 54.1 Å². The third-order valence-corrected chi connectivity index (χ3v) is 5.58. The number of fused-ring (bicyclic) bond motifs is 1. The molecule has 0 bridgehead atoms. The average Bonchev–Trinajstić information content (AvgIpc) is 3.14. The minimum Gasteiger partial charge on any atom is -0.367 e. The van der Waals surface area contributed by atoms with Gasteiger partial charge in [0.2, 0.25) is 5.91 Å². The molecular weight excluding hydrogens is 366 g/mol. The molecule has 1 aliphatic rings. The summed E-state index contributed by atoms with van der Waals surface area (Å²) in [6, 6.07) is 8.06. The molecule has 1 saturated carbocycles. The lowest BCUT2D eigenvalue weighted by atomic mass is 9.91. The fraction of sp³-hybridized carbons (Fsp3) is 0.364. The molecule has 3 aromatic rings. The third-order valence-electron chi connectivity index (χ3n) is 5.58. The molecule has 0 saturated heterocycles. The van der Waals surface area contributed by atoms with Crippen LogP contribution in [0.2, 0.25) is 0 Å². The Balaban J connectivity index is 1.58. The third kappa shape index (κ3) is 3.99. The Kier molecular flexibility index (Phi) is 5.29. The Hall–Kier alpha value is -3.22. The van der Waals surface area contributed by atoms with Gasteiger partial charge in [0.25, 0.3) is 0 Å². The number of anilines is 1. The Bertz CT molecular complexity index is 1050. The van der Waals surface area contributed by atoms with E-state index in [1.165, 1.54) is 6.33 Å². The number of carbonyl (C=O) groups is 2. The van der Waals surface area contributed by atoms with Gasteiger partial charge in [-0.3, -0.25) is 9.59 Å². The maximum absolute atomic E-state index is 13.2. The van der Waals surface area contributed by atoms with Gasteiger partial charge in [0.1, 0.15) is 17.8 Å². The topological polar surface area (TPSA) is 99.8 Å². The van der Waals surface area contributed by atoms with Gasteiger partial charge in [-0.15, -0.1) is 0 Å². The Labute approximate surface area is 169 Å². The Morgan fingerprint density at radius 1 is 1.03 bits per heavy atom. The molecular formula is C22H25N5O2. The summed E-state index contributed by atoms with van der Waals surface area (Å²) in [6.07, 6.45) is 6.93. The van der Waals surface area contributed by atoms with Crippen molar-refractivity contribution in [2.24, 2.45) is 0 Å². The highest BCUT2D eigenvalue weighted by Gasteiger charge is 2.24. The Morgan fingerprint density at radius 2 is 1.76 bits per heavy atom. The van der Waals surface area contributed by atoms with Crippen LogP contribution in [0.5, 0.6) is 0 Å². The summed E-state index contributed by atoms with van der Waals surface area (Å²) in [5.74, 6) is 0.656. The van der Waals surface area contributed by atoms with Crippen LogP contribution in [0, 0.1) is 6.92 Å². The van der Waals surface area contributed by atoms with Gasteiger partial charge in [0, 0.05) is 30.8 Å². The van der Waals surface area contributed by atoms with E-state index in [4.69, 9.17) is 0 Å². The first-order valence-corrected chi connectivity index (χ1v) is 9.99. The highest BCUT2D eigenvalue weighted by Crippen LogP contribution is 2.29. The number of nitrogens with zero attached hydrogens (tertiary/aromatic N) is 2. The molecule has 0 atom stereocenters. The molecule has 0 unspecified atom stereocenters. The first-order chi connectivity index (χ1) is 14.0. The van der Waals surface area contributed by atoms with E-state index in [0.29, 0.717) is 22.6 Å². The van der Waals surface area contributed by atoms with Crippen LogP contribution < -0.4 is 10.6 Å². The van der Waals surface area contributed by atoms with E-state index in [1.54, 1.807) is 13.1 Å².